The first kappa shape index (κ1) is 18.4. The maximum atomic E-state index is 13.4. The zero-order valence-corrected chi connectivity index (χ0v) is 14.4. The van der Waals surface area contributed by atoms with Crippen molar-refractivity contribution in [1.82, 2.24) is 14.9 Å². The van der Waals surface area contributed by atoms with Crippen molar-refractivity contribution < 1.29 is 18.0 Å². The minimum atomic E-state index is -4.77. The number of rotatable bonds is 3. The number of nitrogens with one attached hydrogen (secondary N) is 1. The van der Waals surface area contributed by atoms with Crippen LogP contribution in [0.2, 0.25) is 5.02 Å². The molecule has 3 rings (SSSR count). The Hall–Kier alpha value is -2.35. The molecule has 0 bridgehead atoms. The van der Waals surface area contributed by atoms with Gasteiger partial charge in [0.1, 0.15) is 0 Å². The zero-order chi connectivity index (χ0) is 18.7. The highest BCUT2D eigenvalue weighted by Crippen LogP contribution is 2.32. The molecule has 1 fully saturated rings. The minimum Gasteiger partial charge on any atom is -0.339 e. The summed E-state index contributed by atoms with van der Waals surface area (Å²) in [5.74, 6) is -0.943. The molecule has 1 amide bonds. The molecule has 1 aromatic heterocycles. The molecule has 0 atom stereocenters. The fourth-order valence-electron chi connectivity index (χ4n) is 2.78. The largest absolute Gasteiger partial charge is 0.434 e. The Kier molecular flexibility index (Phi) is 5.31. The first-order valence-electron chi connectivity index (χ1n) is 8.11. The number of amides is 1. The van der Waals surface area contributed by atoms with E-state index in [1.165, 1.54) is 11.0 Å². The predicted octanol–water partition coefficient (Wildman–Crippen LogP) is 4.52. The second-order valence-electron chi connectivity index (χ2n) is 5.94. The normalized spacial score (nSPS) is 15.0. The molecule has 1 aromatic carbocycles. The van der Waals surface area contributed by atoms with E-state index >= 15 is 0 Å². The SMILES string of the molecule is O=C(c1cnc(Nc2cccc(Cl)c2)nc1C(F)(F)F)N1CCCCC1. The third-order valence-electron chi connectivity index (χ3n) is 4.01. The van der Waals surface area contributed by atoms with Crippen LogP contribution in [-0.2, 0) is 6.18 Å². The van der Waals surface area contributed by atoms with Gasteiger partial charge in [0.2, 0.25) is 5.95 Å². The fourth-order valence-corrected chi connectivity index (χ4v) is 2.97. The average Bonchev–Trinajstić information content (AvgIpc) is 2.61. The van der Waals surface area contributed by atoms with Gasteiger partial charge < -0.3 is 10.2 Å². The van der Waals surface area contributed by atoms with E-state index in [1.54, 1.807) is 18.2 Å². The van der Waals surface area contributed by atoms with E-state index in [1.807, 2.05) is 0 Å². The topological polar surface area (TPSA) is 58.1 Å². The highest BCUT2D eigenvalue weighted by atomic mass is 35.5. The van der Waals surface area contributed by atoms with Crippen LogP contribution in [0, 0.1) is 0 Å². The number of aromatic nitrogens is 2. The highest BCUT2D eigenvalue weighted by molar-refractivity contribution is 6.30. The average molecular weight is 385 g/mol. The number of carbonyl (C=O) groups is 1. The molecule has 2 aromatic rings. The molecule has 0 spiro atoms. The minimum absolute atomic E-state index is 0.255. The zero-order valence-electron chi connectivity index (χ0n) is 13.7. The molecular weight excluding hydrogens is 369 g/mol. The maximum absolute atomic E-state index is 13.4. The number of likely N-dealkylation sites (tertiary alicyclic amines) is 1. The van der Waals surface area contributed by atoms with Gasteiger partial charge in [0.25, 0.3) is 5.91 Å². The van der Waals surface area contributed by atoms with Gasteiger partial charge in [-0.3, -0.25) is 4.79 Å². The van der Waals surface area contributed by atoms with Crippen LogP contribution in [0.5, 0.6) is 0 Å². The summed E-state index contributed by atoms with van der Waals surface area (Å²) < 4.78 is 40.3. The Morgan fingerprint density at radius 2 is 1.92 bits per heavy atom. The second kappa shape index (κ2) is 7.49. The quantitative estimate of drug-likeness (QED) is 0.845. The predicted molar refractivity (Wildman–Crippen MR) is 91.5 cm³/mol. The van der Waals surface area contributed by atoms with Gasteiger partial charge in [0.15, 0.2) is 5.69 Å². The number of hydrogen-bond acceptors (Lipinski definition) is 4. The number of piperidine rings is 1. The van der Waals surface area contributed by atoms with Crippen molar-refractivity contribution in [3.63, 3.8) is 0 Å². The number of alkyl halides is 3. The van der Waals surface area contributed by atoms with E-state index in [4.69, 9.17) is 11.6 Å². The van der Waals surface area contributed by atoms with E-state index in [9.17, 15) is 18.0 Å². The van der Waals surface area contributed by atoms with Crippen molar-refractivity contribution >= 4 is 29.1 Å². The van der Waals surface area contributed by atoms with Gasteiger partial charge in [-0.25, -0.2) is 9.97 Å². The molecule has 0 unspecified atom stereocenters. The molecule has 138 valence electrons. The molecule has 26 heavy (non-hydrogen) atoms. The second-order valence-corrected chi connectivity index (χ2v) is 6.38. The molecular formula is C17H16ClF3N4O. The summed E-state index contributed by atoms with van der Waals surface area (Å²) >= 11 is 5.86. The van der Waals surface area contributed by atoms with Gasteiger partial charge in [-0.2, -0.15) is 13.2 Å². The first-order chi connectivity index (χ1) is 12.3. The molecule has 1 aliphatic heterocycles. The summed E-state index contributed by atoms with van der Waals surface area (Å²) in [4.78, 5) is 21.3. The highest BCUT2D eigenvalue weighted by Gasteiger charge is 2.39. The molecule has 1 saturated heterocycles. The van der Waals surface area contributed by atoms with Crippen molar-refractivity contribution in [2.75, 3.05) is 18.4 Å². The summed E-state index contributed by atoms with van der Waals surface area (Å²) in [7, 11) is 0. The van der Waals surface area contributed by atoms with Gasteiger partial charge in [-0.1, -0.05) is 17.7 Å². The van der Waals surface area contributed by atoms with Gasteiger partial charge in [-0.15, -0.1) is 0 Å². The number of anilines is 2. The molecule has 5 nitrogen and oxygen atoms in total. The van der Waals surface area contributed by atoms with E-state index < -0.39 is 23.3 Å². The van der Waals surface area contributed by atoms with Crippen LogP contribution < -0.4 is 5.32 Å². The van der Waals surface area contributed by atoms with Crippen molar-refractivity contribution in [1.29, 1.82) is 0 Å². The van der Waals surface area contributed by atoms with Crippen LogP contribution in [0.4, 0.5) is 24.8 Å². The van der Waals surface area contributed by atoms with E-state index in [2.05, 4.69) is 15.3 Å². The standard InChI is InChI=1S/C17H16ClF3N4O/c18-11-5-4-6-12(9-11)23-16-22-10-13(14(24-16)17(19,20)21)15(26)25-7-2-1-3-8-25/h4-6,9-10H,1-3,7-8H2,(H,22,23,24). The lowest BCUT2D eigenvalue weighted by atomic mass is 10.1. The van der Waals surface area contributed by atoms with E-state index in [-0.39, 0.29) is 5.95 Å². The van der Waals surface area contributed by atoms with Crippen molar-refractivity contribution in [2.45, 2.75) is 25.4 Å². The maximum Gasteiger partial charge on any atom is 0.434 e. The van der Waals surface area contributed by atoms with Crippen LogP contribution in [-0.4, -0.2) is 33.9 Å². The number of hydrogen-bond donors (Lipinski definition) is 1. The lowest BCUT2D eigenvalue weighted by molar-refractivity contribution is -0.141. The summed E-state index contributed by atoms with van der Waals surface area (Å²) in [5, 5.41) is 3.09. The monoisotopic (exact) mass is 384 g/mol. The number of nitrogens with zero attached hydrogens (tertiary/aromatic N) is 3. The lowest BCUT2D eigenvalue weighted by Gasteiger charge is -2.27. The van der Waals surface area contributed by atoms with Crippen LogP contribution in [0.1, 0.15) is 35.3 Å². The Balaban J connectivity index is 1.92. The summed E-state index contributed by atoms with van der Waals surface area (Å²) in [6.07, 6.45) is -1.31. The molecule has 0 radical (unpaired) electrons. The van der Waals surface area contributed by atoms with Crippen LogP contribution in [0.3, 0.4) is 0 Å². The Bertz CT molecular complexity index is 807. The Morgan fingerprint density at radius 1 is 1.19 bits per heavy atom. The van der Waals surface area contributed by atoms with E-state index in [0.29, 0.717) is 23.8 Å². The van der Waals surface area contributed by atoms with E-state index in [0.717, 1.165) is 25.5 Å². The summed E-state index contributed by atoms with van der Waals surface area (Å²) in [5.41, 5.74) is -1.33. The molecule has 2 heterocycles. The molecule has 1 N–H and O–H groups in total. The van der Waals surface area contributed by atoms with Crippen LogP contribution >= 0.6 is 11.6 Å². The summed E-state index contributed by atoms with van der Waals surface area (Å²) in [6, 6.07) is 6.43. The number of halogens is 4. The van der Waals surface area contributed by atoms with Gasteiger partial charge in [0.05, 0.1) is 5.56 Å². The smallest absolute Gasteiger partial charge is 0.339 e. The Morgan fingerprint density at radius 3 is 2.58 bits per heavy atom. The molecule has 0 saturated carbocycles. The molecule has 9 heteroatoms. The van der Waals surface area contributed by atoms with Gasteiger partial charge in [0, 0.05) is 30.0 Å². The number of carbonyl (C=O) groups excluding carboxylic acids is 1. The van der Waals surface area contributed by atoms with Crippen molar-refractivity contribution in [2.24, 2.45) is 0 Å². The van der Waals surface area contributed by atoms with Crippen molar-refractivity contribution in [3.05, 3.63) is 46.7 Å². The lowest BCUT2D eigenvalue weighted by Crippen LogP contribution is -2.37. The molecule has 0 aliphatic carbocycles. The third kappa shape index (κ3) is 4.24. The third-order valence-corrected chi connectivity index (χ3v) is 4.25. The Labute approximate surface area is 153 Å². The van der Waals surface area contributed by atoms with Crippen LogP contribution in [0.15, 0.2) is 30.5 Å². The van der Waals surface area contributed by atoms with Gasteiger partial charge >= 0.3 is 6.18 Å². The first-order valence-corrected chi connectivity index (χ1v) is 8.48. The van der Waals surface area contributed by atoms with Gasteiger partial charge in [-0.05, 0) is 37.5 Å². The fraction of sp³-hybridized carbons (Fsp3) is 0.353. The van der Waals surface area contributed by atoms with Crippen LogP contribution in [0.25, 0.3) is 0 Å². The number of benzene rings is 1. The summed E-state index contributed by atoms with van der Waals surface area (Å²) in [6.45, 7) is 0.886. The molecule has 1 aliphatic rings. The van der Waals surface area contributed by atoms with Crippen molar-refractivity contribution in [3.8, 4) is 0 Å².